The lowest BCUT2D eigenvalue weighted by atomic mass is 9.66. The highest BCUT2D eigenvalue weighted by Gasteiger charge is 2.53. The Bertz CT molecular complexity index is 1190. The summed E-state index contributed by atoms with van der Waals surface area (Å²) in [6.07, 6.45) is -0.364. The van der Waals surface area contributed by atoms with E-state index in [0.717, 1.165) is 0 Å². The van der Waals surface area contributed by atoms with Crippen molar-refractivity contribution in [3.05, 3.63) is 107 Å². The topological polar surface area (TPSA) is 84.2 Å². The molecule has 0 aromatic heterocycles. The monoisotopic (exact) mass is 459 g/mol. The van der Waals surface area contributed by atoms with Gasteiger partial charge in [0.15, 0.2) is 17.0 Å². The lowest BCUT2D eigenvalue weighted by Crippen LogP contribution is -2.47. The van der Waals surface area contributed by atoms with Gasteiger partial charge in [-0.25, -0.2) is 4.79 Å². The highest BCUT2D eigenvalue weighted by Crippen LogP contribution is 2.39. The van der Waals surface area contributed by atoms with Crippen molar-refractivity contribution in [2.24, 2.45) is 5.92 Å². The minimum absolute atomic E-state index is 0.00169. The van der Waals surface area contributed by atoms with Crippen LogP contribution in [0.4, 0.5) is 0 Å². The molecule has 3 aromatic carbocycles. The van der Waals surface area contributed by atoms with Crippen LogP contribution in [0.1, 0.15) is 39.6 Å². The molecular formula is C27H22ClNO4. The maximum absolute atomic E-state index is 13.7. The fraction of sp³-hybridized carbons (Fsp3) is 0.185. The molecule has 33 heavy (non-hydrogen) atoms. The van der Waals surface area contributed by atoms with Gasteiger partial charge in [0.1, 0.15) is 0 Å². The minimum Gasteiger partial charge on any atom is -0.465 e. The quantitative estimate of drug-likeness (QED) is 0.314. The molecule has 0 N–H and O–H groups in total. The summed E-state index contributed by atoms with van der Waals surface area (Å²) in [7, 11) is 0. The molecular weight excluding hydrogens is 438 g/mol. The molecule has 2 atom stereocenters. The number of rotatable bonds is 9. The van der Waals surface area contributed by atoms with E-state index in [1.54, 1.807) is 85.8 Å². The number of ketones is 2. The molecule has 0 aliphatic rings. The molecule has 0 saturated carbocycles. The zero-order chi connectivity index (χ0) is 23.8. The minimum atomic E-state index is -2.07. The van der Waals surface area contributed by atoms with Crippen LogP contribution in [0.3, 0.4) is 0 Å². The first-order chi connectivity index (χ1) is 15.9. The van der Waals surface area contributed by atoms with Gasteiger partial charge in [-0.15, -0.1) is 0 Å². The fourth-order valence-corrected chi connectivity index (χ4v) is 3.99. The van der Waals surface area contributed by atoms with E-state index in [9.17, 15) is 19.6 Å². The molecule has 0 spiro atoms. The van der Waals surface area contributed by atoms with Crippen molar-refractivity contribution in [2.75, 3.05) is 6.61 Å². The average molecular weight is 460 g/mol. The highest BCUT2D eigenvalue weighted by molar-refractivity contribution is 6.30. The number of halogens is 1. The van der Waals surface area contributed by atoms with Gasteiger partial charge < -0.3 is 4.74 Å². The summed E-state index contributed by atoms with van der Waals surface area (Å²) in [5.41, 5.74) is -1.20. The highest BCUT2D eigenvalue weighted by atomic mass is 35.5. The Kier molecular flexibility index (Phi) is 7.76. The van der Waals surface area contributed by atoms with E-state index in [1.165, 1.54) is 6.07 Å². The number of benzene rings is 3. The third kappa shape index (κ3) is 5.02. The van der Waals surface area contributed by atoms with Crippen molar-refractivity contribution in [1.29, 1.82) is 5.26 Å². The van der Waals surface area contributed by atoms with Crippen molar-refractivity contribution >= 4 is 29.1 Å². The van der Waals surface area contributed by atoms with E-state index in [4.69, 9.17) is 16.3 Å². The van der Waals surface area contributed by atoms with Gasteiger partial charge in [-0.1, -0.05) is 84.4 Å². The van der Waals surface area contributed by atoms with Gasteiger partial charge in [0.25, 0.3) is 0 Å². The number of hydrogen-bond acceptors (Lipinski definition) is 5. The van der Waals surface area contributed by atoms with Crippen LogP contribution in [0.15, 0.2) is 84.9 Å². The predicted octanol–water partition coefficient (Wildman–Crippen LogP) is 5.44. The summed E-state index contributed by atoms with van der Waals surface area (Å²) in [4.78, 5) is 40.3. The predicted molar refractivity (Wildman–Crippen MR) is 125 cm³/mol. The summed E-state index contributed by atoms with van der Waals surface area (Å²) in [6.45, 7) is 1.61. The average Bonchev–Trinajstić information content (AvgIpc) is 2.85. The van der Waals surface area contributed by atoms with E-state index in [2.05, 4.69) is 0 Å². The van der Waals surface area contributed by atoms with Crippen LogP contribution in [0.5, 0.6) is 0 Å². The Hall–Kier alpha value is -3.75. The molecule has 0 heterocycles. The number of esters is 1. The second kappa shape index (κ2) is 10.7. The fourth-order valence-electron chi connectivity index (χ4n) is 3.80. The van der Waals surface area contributed by atoms with Crippen molar-refractivity contribution in [1.82, 2.24) is 0 Å². The first-order valence-electron chi connectivity index (χ1n) is 10.5. The number of carbonyl (C=O) groups excluding carboxylic acids is 3. The van der Waals surface area contributed by atoms with Gasteiger partial charge in [0.2, 0.25) is 0 Å². The van der Waals surface area contributed by atoms with Gasteiger partial charge in [-0.05, 0) is 24.6 Å². The zero-order valence-corrected chi connectivity index (χ0v) is 18.8. The zero-order valence-electron chi connectivity index (χ0n) is 18.0. The third-order valence-electron chi connectivity index (χ3n) is 5.44. The lowest BCUT2D eigenvalue weighted by molar-refractivity contribution is -0.149. The standard InChI is InChI=1S/C27H22ClNO4/c1-2-33-26(32)27(18-29,21-14-9-15-22(28)16-21)23(25(31)20-12-7-4-8-13-20)17-24(30)19-10-5-3-6-11-19/h3-16,23H,2,17H2,1H3. The van der Waals surface area contributed by atoms with Crippen molar-refractivity contribution in [3.63, 3.8) is 0 Å². The molecule has 166 valence electrons. The van der Waals surface area contributed by atoms with Gasteiger partial charge >= 0.3 is 5.97 Å². The SMILES string of the molecule is CCOC(=O)C(C#N)(c1cccc(Cl)c1)C(CC(=O)c1ccccc1)C(=O)c1ccccc1. The van der Waals surface area contributed by atoms with Crippen LogP contribution in [0.25, 0.3) is 0 Å². The van der Waals surface area contributed by atoms with E-state index in [1.807, 2.05) is 6.07 Å². The molecule has 0 fully saturated rings. The number of Topliss-reactive ketones (excluding diaryl/α,β-unsaturated/α-hetero) is 2. The Morgan fingerprint density at radius 3 is 2.09 bits per heavy atom. The summed E-state index contributed by atoms with van der Waals surface area (Å²) in [5.74, 6) is -3.11. The summed E-state index contributed by atoms with van der Waals surface area (Å²) >= 11 is 6.18. The Labute approximate surface area is 197 Å². The van der Waals surface area contributed by atoms with Crippen molar-refractivity contribution < 1.29 is 19.1 Å². The van der Waals surface area contributed by atoms with Gasteiger partial charge in [0.05, 0.1) is 18.6 Å². The van der Waals surface area contributed by atoms with Gasteiger partial charge in [0, 0.05) is 22.6 Å². The maximum atomic E-state index is 13.7. The Morgan fingerprint density at radius 2 is 1.55 bits per heavy atom. The molecule has 0 aliphatic heterocycles. The molecule has 0 aliphatic carbocycles. The van der Waals surface area contributed by atoms with Crippen LogP contribution >= 0.6 is 11.6 Å². The van der Waals surface area contributed by atoms with Gasteiger partial charge in [-0.2, -0.15) is 5.26 Å². The maximum Gasteiger partial charge on any atom is 0.331 e. The van der Waals surface area contributed by atoms with Crippen LogP contribution in [-0.2, 0) is 14.9 Å². The number of carbonyl (C=O) groups is 3. The first-order valence-corrected chi connectivity index (χ1v) is 10.8. The van der Waals surface area contributed by atoms with E-state index < -0.39 is 23.1 Å². The summed E-state index contributed by atoms with van der Waals surface area (Å²) in [5, 5.41) is 10.7. The molecule has 0 radical (unpaired) electrons. The van der Waals surface area contributed by atoms with Crippen molar-refractivity contribution in [2.45, 2.75) is 18.8 Å². The number of nitriles is 1. The molecule has 0 amide bonds. The number of ether oxygens (including phenoxy) is 1. The van der Waals surface area contributed by atoms with Crippen molar-refractivity contribution in [3.8, 4) is 6.07 Å². The van der Waals surface area contributed by atoms with Crippen LogP contribution in [0.2, 0.25) is 5.02 Å². The van der Waals surface area contributed by atoms with Crippen LogP contribution < -0.4 is 0 Å². The van der Waals surface area contributed by atoms with Gasteiger partial charge in [-0.3, -0.25) is 9.59 Å². The second-order valence-electron chi connectivity index (χ2n) is 7.43. The second-order valence-corrected chi connectivity index (χ2v) is 7.86. The summed E-state index contributed by atoms with van der Waals surface area (Å²) < 4.78 is 5.28. The molecule has 0 saturated heterocycles. The molecule has 3 rings (SSSR count). The van der Waals surface area contributed by atoms with E-state index >= 15 is 0 Å². The molecule has 0 bridgehead atoms. The Morgan fingerprint density at radius 1 is 0.939 bits per heavy atom. The van der Waals surface area contributed by atoms with Crippen LogP contribution in [0, 0.1) is 17.2 Å². The normalized spacial score (nSPS) is 13.2. The Balaban J connectivity index is 2.22. The van der Waals surface area contributed by atoms with Crippen LogP contribution in [-0.4, -0.2) is 24.1 Å². The molecule has 3 aromatic rings. The number of hydrogen-bond donors (Lipinski definition) is 0. The largest absolute Gasteiger partial charge is 0.465 e. The lowest BCUT2D eigenvalue weighted by Gasteiger charge is -2.32. The molecule has 6 heteroatoms. The molecule has 5 nitrogen and oxygen atoms in total. The number of nitrogens with zero attached hydrogens (tertiary/aromatic N) is 1. The third-order valence-corrected chi connectivity index (χ3v) is 5.67. The molecule has 2 unspecified atom stereocenters. The smallest absolute Gasteiger partial charge is 0.331 e. The first kappa shape index (κ1) is 23.9. The summed E-state index contributed by atoms with van der Waals surface area (Å²) in [6, 6.07) is 25.0. The van der Waals surface area contributed by atoms with E-state index in [-0.39, 0.29) is 35.0 Å². The van der Waals surface area contributed by atoms with E-state index in [0.29, 0.717) is 5.56 Å².